The molecule has 20 heavy (non-hydrogen) atoms. The molecule has 0 aliphatic heterocycles. The standard InChI is InChI=1S/C15H16BrClFNO/c1-2-5-19-7-11-12(8-3-4-8)13-14(18)10(17)6-9(16)15(13)20-11/h6,8,19H,2-5,7H2,1H3. The van der Waals surface area contributed by atoms with E-state index in [-0.39, 0.29) is 10.8 Å². The number of fused-ring (bicyclic) bond motifs is 1. The topological polar surface area (TPSA) is 25.2 Å². The summed E-state index contributed by atoms with van der Waals surface area (Å²) in [6.07, 6.45) is 3.25. The zero-order chi connectivity index (χ0) is 14.3. The van der Waals surface area contributed by atoms with Gasteiger partial charge in [-0.2, -0.15) is 0 Å². The van der Waals surface area contributed by atoms with E-state index in [2.05, 4.69) is 28.2 Å². The van der Waals surface area contributed by atoms with Gasteiger partial charge in [-0.25, -0.2) is 4.39 Å². The van der Waals surface area contributed by atoms with Gasteiger partial charge in [-0.05, 0) is 53.7 Å². The molecule has 1 aliphatic rings. The van der Waals surface area contributed by atoms with Crippen molar-refractivity contribution in [2.45, 2.75) is 38.6 Å². The van der Waals surface area contributed by atoms with Crippen LogP contribution < -0.4 is 5.32 Å². The molecule has 0 unspecified atom stereocenters. The van der Waals surface area contributed by atoms with Crippen LogP contribution in [-0.4, -0.2) is 6.54 Å². The lowest BCUT2D eigenvalue weighted by Gasteiger charge is -2.03. The lowest BCUT2D eigenvalue weighted by molar-refractivity contribution is 0.506. The number of hydrogen-bond donors (Lipinski definition) is 1. The molecular weight excluding hydrogens is 345 g/mol. The SMILES string of the molecule is CCCNCc1oc2c(Br)cc(Cl)c(F)c2c1C1CC1. The van der Waals surface area contributed by atoms with Crippen molar-refractivity contribution >= 4 is 38.5 Å². The van der Waals surface area contributed by atoms with Crippen molar-refractivity contribution in [3.05, 3.63) is 32.7 Å². The first-order chi connectivity index (χ1) is 9.63. The van der Waals surface area contributed by atoms with Crippen molar-refractivity contribution in [1.29, 1.82) is 0 Å². The van der Waals surface area contributed by atoms with E-state index in [1.165, 1.54) is 0 Å². The quantitative estimate of drug-likeness (QED) is 0.573. The van der Waals surface area contributed by atoms with Crippen molar-refractivity contribution in [3.63, 3.8) is 0 Å². The summed E-state index contributed by atoms with van der Waals surface area (Å²) in [6.45, 7) is 3.67. The fourth-order valence-electron chi connectivity index (χ4n) is 2.55. The predicted octanol–water partition coefficient (Wildman–Crippen LogP) is 5.36. The minimum Gasteiger partial charge on any atom is -0.458 e. The largest absolute Gasteiger partial charge is 0.458 e. The van der Waals surface area contributed by atoms with Gasteiger partial charge in [0.1, 0.15) is 5.76 Å². The summed E-state index contributed by atoms with van der Waals surface area (Å²) in [4.78, 5) is 0. The van der Waals surface area contributed by atoms with E-state index in [9.17, 15) is 4.39 Å². The third-order valence-electron chi connectivity index (χ3n) is 3.62. The summed E-state index contributed by atoms with van der Waals surface area (Å²) < 4.78 is 21.0. The van der Waals surface area contributed by atoms with Gasteiger partial charge in [0.2, 0.25) is 0 Å². The Hall–Kier alpha value is -0.580. The maximum atomic E-state index is 14.4. The highest BCUT2D eigenvalue weighted by molar-refractivity contribution is 9.10. The molecule has 2 nitrogen and oxygen atoms in total. The molecular formula is C15H16BrClFNO. The summed E-state index contributed by atoms with van der Waals surface area (Å²) in [7, 11) is 0. The smallest absolute Gasteiger partial charge is 0.153 e. The second-order valence-electron chi connectivity index (χ2n) is 5.25. The molecule has 3 rings (SSSR count). The monoisotopic (exact) mass is 359 g/mol. The molecule has 1 fully saturated rings. The maximum absolute atomic E-state index is 14.4. The fourth-order valence-corrected chi connectivity index (χ4v) is 3.39. The van der Waals surface area contributed by atoms with Crippen molar-refractivity contribution < 1.29 is 8.81 Å². The summed E-state index contributed by atoms with van der Waals surface area (Å²) >= 11 is 9.38. The Balaban J connectivity index is 2.12. The van der Waals surface area contributed by atoms with Gasteiger partial charge in [0, 0.05) is 5.56 Å². The lowest BCUT2D eigenvalue weighted by Crippen LogP contribution is -2.14. The molecule has 0 amide bonds. The Morgan fingerprint density at radius 1 is 1.50 bits per heavy atom. The third kappa shape index (κ3) is 2.49. The summed E-state index contributed by atoms with van der Waals surface area (Å²) in [6, 6.07) is 1.56. The molecule has 2 aromatic rings. The molecule has 1 aliphatic carbocycles. The summed E-state index contributed by atoms with van der Waals surface area (Å²) in [5.41, 5.74) is 1.58. The number of hydrogen-bond acceptors (Lipinski definition) is 2. The van der Waals surface area contributed by atoms with Gasteiger partial charge in [-0.15, -0.1) is 0 Å². The van der Waals surface area contributed by atoms with E-state index in [4.69, 9.17) is 16.0 Å². The van der Waals surface area contributed by atoms with Crippen molar-refractivity contribution in [1.82, 2.24) is 5.32 Å². The van der Waals surface area contributed by atoms with E-state index >= 15 is 0 Å². The van der Waals surface area contributed by atoms with E-state index in [0.29, 0.717) is 27.9 Å². The Labute approximate surface area is 130 Å². The fraction of sp³-hybridized carbons (Fsp3) is 0.467. The Kier molecular flexibility index (Phi) is 4.07. The minimum atomic E-state index is -0.364. The van der Waals surface area contributed by atoms with E-state index < -0.39 is 0 Å². The normalized spacial score (nSPS) is 15.2. The molecule has 1 saturated carbocycles. The highest BCUT2D eigenvalue weighted by Crippen LogP contribution is 2.48. The van der Waals surface area contributed by atoms with E-state index in [1.807, 2.05) is 0 Å². The van der Waals surface area contributed by atoms with Gasteiger partial charge in [0.15, 0.2) is 11.4 Å². The zero-order valence-electron chi connectivity index (χ0n) is 11.2. The first-order valence-electron chi connectivity index (χ1n) is 6.93. The Morgan fingerprint density at radius 2 is 2.25 bits per heavy atom. The molecule has 1 aromatic carbocycles. The molecule has 0 bridgehead atoms. The summed E-state index contributed by atoms with van der Waals surface area (Å²) in [5, 5.41) is 4.02. The van der Waals surface area contributed by atoms with Crippen LogP contribution in [0.5, 0.6) is 0 Å². The van der Waals surface area contributed by atoms with Gasteiger partial charge in [-0.3, -0.25) is 0 Å². The molecule has 1 aromatic heterocycles. The van der Waals surface area contributed by atoms with Crippen LogP contribution in [0, 0.1) is 5.82 Å². The van der Waals surface area contributed by atoms with Crippen LogP contribution in [0.3, 0.4) is 0 Å². The number of furan rings is 1. The first-order valence-corrected chi connectivity index (χ1v) is 8.10. The second-order valence-corrected chi connectivity index (χ2v) is 6.51. The van der Waals surface area contributed by atoms with Crippen LogP contribution in [0.15, 0.2) is 15.0 Å². The summed E-state index contributed by atoms with van der Waals surface area (Å²) in [5.74, 6) is 0.893. The highest BCUT2D eigenvalue weighted by Gasteiger charge is 2.33. The van der Waals surface area contributed by atoms with Gasteiger partial charge < -0.3 is 9.73 Å². The van der Waals surface area contributed by atoms with Crippen LogP contribution in [0.2, 0.25) is 5.02 Å². The van der Waals surface area contributed by atoms with Crippen molar-refractivity contribution in [2.24, 2.45) is 0 Å². The maximum Gasteiger partial charge on any atom is 0.153 e. The lowest BCUT2D eigenvalue weighted by atomic mass is 10.1. The van der Waals surface area contributed by atoms with Crippen LogP contribution in [0.1, 0.15) is 43.4 Å². The van der Waals surface area contributed by atoms with Crippen LogP contribution in [0.4, 0.5) is 4.39 Å². The van der Waals surface area contributed by atoms with E-state index in [0.717, 1.165) is 37.1 Å². The Morgan fingerprint density at radius 3 is 2.90 bits per heavy atom. The van der Waals surface area contributed by atoms with Crippen LogP contribution in [0.25, 0.3) is 11.0 Å². The average Bonchev–Trinajstić information content (AvgIpc) is 3.18. The number of benzene rings is 1. The molecule has 1 N–H and O–H groups in total. The number of halogens is 3. The Bertz CT molecular complexity index is 651. The average molecular weight is 361 g/mol. The first kappa shape index (κ1) is 14.4. The minimum absolute atomic E-state index is 0.139. The molecule has 0 radical (unpaired) electrons. The van der Waals surface area contributed by atoms with Gasteiger partial charge >= 0.3 is 0 Å². The molecule has 0 spiro atoms. The van der Waals surface area contributed by atoms with Crippen LogP contribution in [-0.2, 0) is 6.54 Å². The number of nitrogens with one attached hydrogen (secondary N) is 1. The van der Waals surface area contributed by atoms with E-state index in [1.54, 1.807) is 6.07 Å². The number of rotatable bonds is 5. The van der Waals surface area contributed by atoms with Crippen molar-refractivity contribution in [3.8, 4) is 0 Å². The van der Waals surface area contributed by atoms with Gasteiger partial charge in [0.05, 0.1) is 21.4 Å². The molecule has 1 heterocycles. The zero-order valence-corrected chi connectivity index (χ0v) is 13.6. The van der Waals surface area contributed by atoms with Gasteiger partial charge in [0.25, 0.3) is 0 Å². The molecule has 5 heteroatoms. The molecule has 0 atom stereocenters. The highest BCUT2D eigenvalue weighted by atomic mass is 79.9. The van der Waals surface area contributed by atoms with Gasteiger partial charge in [-0.1, -0.05) is 18.5 Å². The van der Waals surface area contributed by atoms with Crippen LogP contribution >= 0.6 is 27.5 Å². The third-order valence-corrected chi connectivity index (χ3v) is 4.48. The predicted molar refractivity (Wildman–Crippen MR) is 82.9 cm³/mol. The van der Waals surface area contributed by atoms with Crippen molar-refractivity contribution in [2.75, 3.05) is 6.54 Å². The molecule has 0 saturated heterocycles. The second kappa shape index (κ2) is 5.66. The molecule has 108 valence electrons.